The fourth-order valence-electron chi connectivity index (χ4n) is 5.05. The quantitative estimate of drug-likeness (QED) is 0.232. The molecule has 0 aliphatic carbocycles. The first-order valence-electron chi connectivity index (χ1n) is 12.9. The molecule has 196 valence electrons. The van der Waals surface area contributed by atoms with E-state index in [9.17, 15) is 9.59 Å². The molecule has 39 heavy (non-hydrogen) atoms. The van der Waals surface area contributed by atoms with Gasteiger partial charge in [0.1, 0.15) is 16.2 Å². The van der Waals surface area contributed by atoms with Crippen molar-refractivity contribution in [3.8, 4) is 11.1 Å². The van der Waals surface area contributed by atoms with Crippen molar-refractivity contribution in [2.75, 3.05) is 12.3 Å². The number of esters is 1. The Morgan fingerprint density at radius 2 is 1.38 bits per heavy atom. The van der Waals surface area contributed by atoms with Crippen LogP contribution in [0.4, 0.5) is 0 Å². The van der Waals surface area contributed by atoms with Crippen LogP contribution >= 0.6 is 23.5 Å². The highest BCUT2D eigenvalue weighted by Gasteiger charge is 2.57. The SMILES string of the molecule is N[C@@H]1C(=O)N2CC(Sc3ccc(-c4ccccc4)cc3)(C(=O)OC(c3ccccc3)c3ccccc3)CS[C@H]12. The van der Waals surface area contributed by atoms with Gasteiger partial charge < -0.3 is 15.4 Å². The van der Waals surface area contributed by atoms with Gasteiger partial charge in [0.25, 0.3) is 0 Å². The predicted octanol–water partition coefficient (Wildman–Crippen LogP) is 5.76. The molecule has 2 heterocycles. The number of hydrogen-bond acceptors (Lipinski definition) is 6. The number of nitrogens with two attached hydrogens (primary N) is 1. The Labute approximate surface area is 236 Å². The minimum absolute atomic E-state index is 0.0986. The first-order chi connectivity index (χ1) is 19.0. The monoisotopic (exact) mass is 552 g/mol. The van der Waals surface area contributed by atoms with Gasteiger partial charge in [-0.3, -0.25) is 9.59 Å². The Morgan fingerprint density at radius 3 is 1.97 bits per heavy atom. The van der Waals surface area contributed by atoms with E-state index in [1.54, 1.807) is 16.7 Å². The van der Waals surface area contributed by atoms with Crippen LogP contribution in [-0.2, 0) is 14.3 Å². The molecule has 6 rings (SSSR count). The second-order valence-electron chi connectivity index (χ2n) is 9.79. The first-order valence-corrected chi connectivity index (χ1v) is 14.7. The van der Waals surface area contributed by atoms with Crippen LogP contribution in [0.3, 0.4) is 0 Å². The fourth-order valence-corrected chi connectivity index (χ4v) is 7.88. The molecule has 1 amide bonds. The summed E-state index contributed by atoms with van der Waals surface area (Å²) in [6, 6.07) is 37.4. The number of benzene rings is 4. The molecule has 0 radical (unpaired) electrons. The van der Waals surface area contributed by atoms with Crippen molar-refractivity contribution in [1.82, 2.24) is 4.90 Å². The normalized spacial score (nSPS) is 22.2. The lowest BCUT2D eigenvalue weighted by Gasteiger charge is -2.52. The molecular formula is C32H28N2O3S2. The van der Waals surface area contributed by atoms with E-state index in [1.165, 1.54) is 11.8 Å². The Morgan fingerprint density at radius 1 is 0.846 bits per heavy atom. The molecule has 0 spiro atoms. The lowest BCUT2D eigenvalue weighted by molar-refractivity contribution is -0.154. The molecule has 4 aromatic rings. The molecule has 2 fully saturated rings. The number of carbonyl (C=O) groups excluding carboxylic acids is 2. The molecule has 5 nitrogen and oxygen atoms in total. The predicted molar refractivity (Wildman–Crippen MR) is 157 cm³/mol. The summed E-state index contributed by atoms with van der Waals surface area (Å²) in [5, 5.41) is -0.0986. The summed E-state index contributed by atoms with van der Waals surface area (Å²) in [5.41, 5.74) is 10.1. The van der Waals surface area contributed by atoms with Crippen LogP contribution in [-0.4, -0.2) is 45.2 Å². The van der Waals surface area contributed by atoms with Crippen molar-refractivity contribution in [1.29, 1.82) is 0 Å². The lowest BCUT2D eigenvalue weighted by Crippen LogP contribution is -2.73. The molecule has 7 heteroatoms. The van der Waals surface area contributed by atoms with Gasteiger partial charge >= 0.3 is 5.97 Å². The highest BCUT2D eigenvalue weighted by atomic mass is 32.2. The fraction of sp³-hybridized carbons (Fsp3) is 0.188. The van der Waals surface area contributed by atoms with Crippen molar-refractivity contribution in [2.24, 2.45) is 5.73 Å². The maximum Gasteiger partial charge on any atom is 0.326 e. The van der Waals surface area contributed by atoms with Crippen molar-refractivity contribution < 1.29 is 14.3 Å². The summed E-state index contributed by atoms with van der Waals surface area (Å²) < 4.78 is 5.38. The highest BCUT2D eigenvalue weighted by molar-refractivity contribution is 8.05. The average Bonchev–Trinajstić information content (AvgIpc) is 3.01. The topological polar surface area (TPSA) is 72.6 Å². The number of amides is 1. The van der Waals surface area contributed by atoms with Crippen LogP contribution in [0, 0.1) is 0 Å². The maximum atomic E-state index is 14.2. The van der Waals surface area contributed by atoms with E-state index in [0.717, 1.165) is 27.1 Å². The van der Waals surface area contributed by atoms with Crippen LogP contribution < -0.4 is 5.73 Å². The van der Waals surface area contributed by atoms with Gasteiger partial charge in [-0.1, -0.05) is 103 Å². The molecule has 0 bridgehead atoms. The van der Waals surface area contributed by atoms with Crippen molar-refractivity contribution in [3.63, 3.8) is 0 Å². The third kappa shape index (κ3) is 5.10. The van der Waals surface area contributed by atoms with Gasteiger partial charge in [-0.05, 0) is 34.4 Å². The minimum atomic E-state index is -0.979. The second kappa shape index (κ2) is 10.9. The summed E-state index contributed by atoms with van der Waals surface area (Å²) in [4.78, 5) is 29.5. The zero-order chi connectivity index (χ0) is 26.8. The minimum Gasteiger partial charge on any atom is -0.451 e. The summed E-state index contributed by atoms with van der Waals surface area (Å²) >= 11 is 3.03. The Balaban J connectivity index is 1.31. The Hall–Kier alpha value is -3.52. The number of hydrogen-bond donors (Lipinski definition) is 1. The second-order valence-corrected chi connectivity index (χ2v) is 12.3. The molecule has 2 aliphatic heterocycles. The van der Waals surface area contributed by atoms with E-state index in [0.29, 0.717) is 5.75 Å². The van der Waals surface area contributed by atoms with Gasteiger partial charge in [-0.15, -0.1) is 23.5 Å². The number of nitrogens with zero attached hydrogens (tertiary/aromatic N) is 1. The third-order valence-electron chi connectivity index (χ3n) is 7.17. The zero-order valence-corrected chi connectivity index (χ0v) is 22.8. The number of carbonyl (C=O) groups is 2. The van der Waals surface area contributed by atoms with Gasteiger partial charge in [-0.25, -0.2) is 0 Å². The van der Waals surface area contributed by atoms with E-state index in [4.69, 9.17) is 10.5 Å². The largest absolute Gasteiger partial charge is 0.451 e. The molecular weight excluding hydrogens is 524 g/mol. The first kappa shape index (κ1) is 25.7. The molecule has 0 aromatic heterocycles. The molecule has 2 N–H and O–H groups in total. The van der Waals surface area contributed by atoms with Crippen LogP contribution in [0.25, 0.3) is 11.1 Å². The van der Waals surface area contributed by atoms with Crippen molar-refractivity contribution in [3.05, 3.63) is 126 Å². The number of rotatable bonds is 7. The van der Waals surface area contributed by atoms with E-state index in [1.807, 2.05) is 91.0 Å². The standard InChI is InChI=1S/C32H28N2O3S2/c33-27-29(35)34-20-32(21-38-30(27)34,39-26-18-16-23(17-19-26)22-10-4-1-5-11-22)31(36)37-28(24-12-6-2-7-13-24)25-14-8-3-9-15-25/h1-19,27-28,30H,20-21,33H2/t27-,30-,32?/m1/s1. The van der Waals surface area contributed by atoms with Gasteiger partial charge in [0, 0.05) is 17.2 Å². The van der Waals surface area contributed by atoms with E-state index in [-0.39, 0.29) is 23.8 Å². The Bertz CT molecular complexity index is 1410. The smallest absolute Gasteiger partial charge is 0.326 e. The van der Waals surface area contributed by atoms with Crippen LogP contribution in [0.5, 0.6) is 0 Å². The summed E-state index contributed by atoms with van der Waals surface area (Å²) in [6.07, 6.45) is -0.560. The Kier molecular flexibility index (Phi) is 7.21. The average molecular weight is 553 g/mol. The van der Waals surface area contributed by atoms with Gasteiger partial charge in [0.15, 0.2) is 6.10 Å². The summed E-state index contributed by atoms with van der Waals surface area (Å²) in [7, 11) is 0. The van der Waals surface area contributed by atoms with E-state index < -0.39 is 16.9 Å². The number of thioether (sulfide) groups is 2. The molecule has 0 saturated carbocycles. The number of β-lactam (4-membered cyclic amide) rings is 1. The van der Waals surface area contributed by atoms with Gasteiger partial charge in [0.05, 0.1) is 0 Å². The summed E-state index contributed by atoms with van der Waals surface area (Å²) in [5.74, 6) is 0.0404. The summed E-state index contributed by atoms with van der Waals surface area (Å²) in [6.45, 7) is 0.261. The van der Waals surface area contributed by atoms with Crippen molar-refractivity contribution in [2.45, 2.75) is 27.2 Å². The van der Waals surface area contributed by atoms with Gasteiger partial charge in [-0.2, -0.15) is 0 Å². The number of fused-ring (bicyclic) bond motifs is 1. The van der Waals surface area contributed by atoms with Gasteiger partial charge in [0.2, 0.25) is 5.91 Å². The molecule has 1 unspecified atom stereocenters. The number of ether oxygens (including phenoxy) is 1. The molecule has 2 aliphatic rings. The molecule has 2 saturated heterocycles. The highest BCUT2D eigenvalue weighted by Crippen LogP contribution is 2.47. The van der Waals surface area contributed by atoms with E-state index >= 15 is 0 Å². The zero-order valence-electron chi connectivity index (χ0n) is 21.2. The molecule has 3 atom stereocenters. The van der Waals surface area contributed by atoms with Crippen LogP contribution in [0.15, 0.2) is 120 Å². The van der Waals surface area contributed by atoms with E-state index in [2.05, 4.69) is 24.3 Å². The van der Waals surface area contributed by atoms with Crippen molar-refractivity contribution >= 4 is 35.4 Å². The lowest BCUT2D eigenvalue weighted by atomic mass is 10.00. The third-order valence-corrected chi connectivity index (χ3v) is 10.2. The van der Waals surface area contributed by atoms with Crippen LogP contribution in [0.2, 0.25) is 0 Å². The maximum absolute atomic E-state index is 14.2. The van der Waals surface area contributed by atoms with Crippen LogP contribution in [0.1, 0.15) is 17.2 Å². The molecule has 4 aromatic carbocycles.